The highest BCUT2D eigenvalue weighted by atomic mass is 16.2. The number of imidazole rings is 1. The molecule has 0 saturated carbocycles. The molecular formula is C12H16N4O2. The Hall–Kier alpha value is -2.08. The fourth-order valence-corrected chi connectivity index (χ4v) is 2.04. The summed E-state index contributed by atoms with van der Waals surface area (Å²) in [6.45, 7) is 2.56. The molecule has 0 bridgehead atoms. The van der Waals surface area contributed by atoms with Crippen LogP contribution in [0.5, 0.6) is 0 Å². The zero-order valence-corrected chi connectivity index (χ0v) is 10.2. The lowest BCUT2D eigenvalue weighted by Gasteiger charge is -2.08. The molecule has 0 spiro atoms. The third kappa shape index (κ3) is 1.91. The quantitative estimate of drug-likeness (QED) is 0.773. The number of fused-ring (bicyclic) bond motifs is 1. The number of aromatic nitrogens is 2. The van der Waals surface area contributed by atoms with Crippen molar-refractivity contribution in [1.29, 1.82) is 0 Å². The lowest BCUT2D eigenvalue weighted by molar-refractivity contribution is -0.119. The predicted octanol–water partition coefficient (Wildman–Crippen LogP) is -0.364. The summed E-state index contributed by atoms with van der Waals surface area (Å²) < 4.78 is 3.14. The van der Waals surface area contributed by atoms with Crippen LogP contribution in [-0.2, 0) is 17.9 Å². The third-order valence-corrected chi connectivity index (χ3v) is 2.99. The minimum atomic E-state index is -0.862. The van der Waals surface area contributed by atoms with Crippen LogP contribution in [-0.4, -0.2) is 21.1 Å². The van der Waals surface area contributed by atoms with Gasteiger partial charge in [0.1, 0.15) is 6.04 Å². The van der Waals surface area contributed by atoms with Crippen LogP contribution in [0.1, 0.15) is 6.92 Å². The van der Waals surface area contributed by atoms with Crippen LogP contribution in [0.2, 0.25) is 0 Å². The first-order chi connectivity index (χ1) is 8.56. The number of rotatable bonds is 4. The monoisotopic (exact) mass is 248 g/mol. The molecule has 2 aromatic rings. The summed E-state index contributed by atoms with van der Waals surface area (Å²) >= 11 is 0. The summed E-state index contributed by atoms with van der Waals surface area (Å²) in [5.74, 6) is -0.616. The van der Waals surface area contributed by atoms with E-state index in [2.05, 4.69) is 0 Å². The molecule has 1 aromatic heterocycles. The smallest absolute Gasteiger partial charge is 0.329 e. The van der Waals surface area contributed by atoms with Gasteiger partial charge in [-0.05, 0) is 19.1 Å². The topological polar surface area (TPSA) is 96.0 Å². The van der Waals surface area contributed by atoms with Crippen molar-refractivity contribution in [2.45, 2.75) is 26.1 Å². The highest BCUT2D eigenvalue weighted by Crippen LogP contribution is 2.12. The second kappa shape index (κ2) is 4.66. The molecule has 2 rings (SSSR count). The normalized spacial score (nSPS) is 12.8. The van der Waals surface area contributed by atoms with Gasteiger partial charge in [-0.3, -0.25) is 13.9 Å². The Labute approximate surface area is 104 Å². The lowest BCUT2D eigenvalue weighted by Crippen LogP contribution is -2.42. The van der Waals surface area contributed by atoms with E-state index in [1.165, 1.54) is 4.57 Å². The summed E-state index contributed by atoms with van der Waals surface area (Å²) in [6, 6.07) is 6.54. The van der Waals surface area contributed by atoms with Crippen LogP contribution < -0.4 is 17.2 Å². The number of carbonyl (C=O) groups is 1. The average Bonchev–Trinajstić information content (AvgIpc) is 2.62. The number of primary amides is 1. The van der Waals surface area contributed by atoms with Crippen LogP contribution in [0.4, 0.5) is 0 Å². The van der Waals surface area contributed by atoms with Crippen LogP contribution >= 0.6 is 0 Å². The van der Waals surface area contributed by atoms with Gasteiger partial charge in [0, 0.05) is 6.54 Å². The molecule has 6 nitrogen and oxygen atoms in total. The van der Waals surface area contributed by atoms with Gasteiger partial charge in [-0.2, -0.15) is 0 Å². The van der Waals surface area contributed by atoms with E-state index in [4.69, 9.17) is 11.5 Å². The molecule has 0 aliphatic rings. The molecule has 0 radical (unpaired) electrons. The number of aryl methyl sites for hydroxylation is 1. The van der Waals surface area contributed by atoms with Gasteiger partial charge in [-0.25, -0.2) is 4.79 Å². The number of hydrogen-bond acceptors (Lipinski definition) is 3. The maximum absolute atomic E-state index is 12.2. The predicted molar refractivity (Wildman–Crippen MR) is 69.0 cm³/mol. The van der Waals surface area contributed by atoms with Gasteiger partial charge in [0.05, 0.1) is 17.6 Å². The summed E-state index contributed by atoms with van der Waals surface area (Å²) in [6.07, 6.45) is 0. The highest BCUT2D eigenvalue weighted by Gasteiger charge is 2.16. The van der Waals surface area contributed by atoms with Crippen molar-refractivity contribution >= 4 is 16.9 Å². The Balaban J connectivity index is 2.60. The first-order valence-electron chi connectivity index (χ1n) is 5.79. The zero-order chi connectivity index (χ0) is 13.3. The molecule has 6 heteroatoms. The molecule has 1 atom stereocenters. The van der Waals surface area contributed by atoms with E-state index >= 15 is 0 Å². The first-order valence-corrected chi connectivity index (χ1v) is 5.79. The average molecular weight is 248 g/mol. The van der Waals surface area contributed by atoms with Gasteiger partial charge in [-0.15, -0.1) is 0 Å². The third-order valence-electron chi connectivity index (χ3n) is 2.99. The molecule has 0 fully saturated rings. The maximum atomic E-state index is 12.2. The minimum Gasteiger partial charge on any atom is -0.368 e. The molecule has 4 N–H and O–H groups in total. The van der Waals surface area contributed by atoms with Gasteiger partial charge in [0.15, 0.2) is 0 Å². The molecule has 96 valence electrons. The number of benzene rings is 1. The molecule has 0 aliphatic heterocycles. The second-order valence-corrected chi connectivity index (χ2v) is 4.14. The Kier molecular flexibility index (Phi) is 3.20. The van der Waals surface area contributed by atoms with Gasteiger partial charge in [0.2, 0.25) is 5.91 Å². The molecule has 1 unspecified atom stereocenters. The van der Waals surface area contributed by atoms with Crippen molar-refractivity contribution in [3.05, 3.63) is 34.7 Å². The van der Waals surface area contributed by atoms with E-state index < -0.39 is 11.9 Å². The van der Waals surface area contributed by atoms with Crippen molar-refractivity contribution in [3.63, 3.8) is 0 Å². The Morgan fingerprint density at radius 1 is 1.28 bits per heavy atom. The van der Waals surface area contributed by atoms with Crippen LogP contribution in [0.25, 0.3) is 11.0 Å². The minimum absolute atomic E-state index is 0.0989. The van der Waals surface area contributed by atoms with Crippen LogP contribution in [0.3, 0.4) is 0 Å². The van der Waals surface area contributed by atoms with Crippen LogP contribution in [0, 0.1) is 0 Å². The second-order valence-electron chi connectivity index (χ2n) is 4.14. The molecule has 1 aromatic carbocycles. The molecule has 18 heavy (non-hydrogen) atoms. The fourth-order valence-electron chi connectivity index (χ4n) is 2.04. The zero-order valence-electron chi connectivity index (χ0n) is 10.2. The number of amides is 1. The Morgan fingerprint density at radius 3 is 2.33 bits per heavy atom. The number of para-hydroxylation sites is 2. The van der Waals surface area contributed by atoms with Crippen molar-refractivity contribution in [2.75, 3.05) is 0 Å². The van der Waals surface area contributed by atoms with Gasteiger partial charge in [-0.1, -0.05) is 12.1 Å². The van der Waals surface area contributed by atoms with E-state index in [1.54, 1.807) is 4.57 Å². The molecule has 1 heterocycles. The van der Waals surface area contributed by atoms with Gasteiger partial charge < -0.3 is 11.5 Å². The summed E-state index contributed by atoms with van der Waals surface area (Å²) in [4.78, 5) is 23.2. The van der Waals surface area contributed by atoms with Crippen molar-refractivity contribution in [1.82, 2.24) is 9.13 Å². The van der Waals surface area contributed by atoms with Gasteiger partial charge in [0.25, 0.3) is 0 Å². The van der Waals surface area contributed by atoms with Crippen molar-refractivity contribution in [2.24, 2.45) is 11.5 Å². The molecule has 1 amide bonds. The molecular weight excluding hydrogens is 232 g/mol. The fraction of sp³-hybridized carbons (Fsp3) is 0.333. The Bertz CT molecular complexity index is 641. The number of nitrogens with two attached hydrogens (primary N) is 2. The summed E-state index contributed by atoms with van der Waals surface area (Å²) in [5, 5.41) is 0. The van der Waals surface area contributed by atoms with E-state index in [0.29, 0.717) is 6.54 Å². The van der Waals surface area contributed by atoms with Gasteiger partial charge >= 0.3 is 5.69 Å². The lowest BCUT2D eigenvalue weighted by atomic mass is 10.2. The summed E-state index contributed by atoms with van der Waals surface area (Å²) in [5.41, 5.74) is 12.2. The number of hydrogen-bond donors (Lipinski definition) is 2. The summed E-state index contributed by atoms with van der Waals surface area (Å²) in [7, 11) is 0. The largest absolute Gasteiger partial charge is 0.368 e. The van der Waals surface area contributed by atoms with E-state index in [1.807, 2.05) is 31.2 Å². The van der Waals surface area contributed by atoms with Crippen molar-refractivity contribution in [3.8, 4) is 0 Å². The van der Waals surface area contributed by atoms with E-state index in [9.17, 15) is 9.59 Å². The number of carbonyl (C=O) groups excluding carboxylic acids is 1. The molecule has 0 aliphatic carbocycles. The SMILES string of the molecule is CCn1c(=O)n(CC(N)C(N)=O)c2ccccc21. The Morgan fingerprint density at radius 2 is 1.83 bits per heavy atom. The van der Waals surface area contributed by atoms with Crippen molar-refractivity contribution < 1.29 is 4.79 Å². The number of nitrogens with zero attached hydrogens (tertiary/aromatic N) is 2. The first kappa shape index (κ1) is 12.4. The standard InChI is InChI=1S/C12H16N4O2/c1-2-15-9-5-3-4-6-10(9)16(12(15)18)7-8(13)11(14)17/h3-6,8H,2,7,13H2,1H3,(H2,14,17). The van der Waals surface area contributed by atoms with Crippen LogP contribution in [0.15, 0.2) is 29.1 Å². The maximum Gasteiger partial charge on any atom is 0.329 e. The van der Waals surface area contributed by atoms with E-state index in [0.717, 1.165) is 11.0 Å². The molecule has 0 saturated heterocycles. The highest BCUT2D eigenvalue weighted by molar-refractivity contribution is 5.80. The van der Waals surface area contributed by atoms with E-state index in [-0.39, 0.29) is 12.2 Å².